The summed E-state index contributed by atoms with van der Waals surface area (Å²) in [6.45, 7) is 0.792. The number of aromatic nitrogens is 2. The van der Waals surface area contributed by atoms with Gasteiger partial charge in [0.1, 0.15) is 11.6 Å². The largest absolute Gasteiger partial charge is 0.497 e. The molecule has 2 N–H and O–H groups in total. The molecule has 1 heterocycles. The lowest BCUT2D eigenvalue weighted by atomic mass is 9.95. The average Bonchev–Trinajstić information content (AvgIpc) is 2.63. The van der Waals surface area contributed by atoms with Crippen LogP contribution < -0.4 is 15.4 Å². The van der Waals surface area contributed by atoms with Crippen LogP contribution in [0.5, 0.6) is 5.75 Å². The molecule has 0 spiro atoms. The second-order valence-corrected chi connectivity index (χ2v) is 6.27. The highest BCUT2D eigenvalue weighted by Gasteiger charge is 2.13. The third-order valence-corrected chi connectivity index (χ3v) is 4.44. The number of hydrogen-bond donors (Lipinski definition) is 2. The minimum Gasteiger partial charge on any atom is -0.497 e. The van der Waals surface area contributed by atoms with Crippen molar-refractivity contribution in [2.24, 2.45) is 0 Å². The molecule has 1 aromatic heterocycles. The molecule has 0 radical (unpaired) electrons. The topological polar surface area (TPSA) is 59.1 Å². The van der Waals surface area contributed by atoms with Crippen molar-refractivity contribution in [2.45, 2.75) is 44.6 Å². The van der Waals surface area contributed by atoms with Gasteiger partial charge in [-0.15, -0.1) is 0 Å². The Hall–Kier alpha value is -2.30. The summed E-state index contributed by atoms with van der Waals surface area (Å²) in [6.07, 6.45) is 9.18. The highest BCUT2D eigenvalue weighted by Crippen LogP contribution is 2.21. The Morgan fingerprint density at radius 3 is 2.88 bits per heavy atom. The van der Waals surface area contributed by atoms with Crippen LogP contribution in [0, 0.1) is 0 Å². The molecular weight excluding hydrogens is 300 g/mol. The smallest absolute Gasteiger partial charge is 0.224 e. The van der Waals surface area contributed by atoms with Gasteiger partial charge in [0.15, 0.2) is 0 Å². The molecule has 5 heteroatoms. The summed E-state index contributed by atoms with van der Waals surface area (Å²) < 4.78 is 5.25. The van der Waals surface area contributed by atoms with E-state index in [4.69, 9.17) is 4.74 Å². The maximum absolute atomic E-state index is 5.25. The van der Waals surface area contributed by atoms with E-state index >= 15 is 0 Å². The average molecular weight is 326 g/mol. The fourth-order valence-corrected chi connectivity index (χ4v) is 3.13. The highest BCUT2D eigenvalue weighted by molar-refractivity contribution is 5.40. The van der Waals surface area contributed by atoms with Gasteiger partial charge in [-0.1, -0.05) is 31.4 Å². The zero-order valence-corrected chi connectivity index (χ0v) is 14.3. The summed E-state index contributed by atoms with van der Waals surface area (Å²) in [5, 5.41) is 6.84. The van der Waals surface area contributed by atoms with Crippen LogP contribution >= 0.6 is 0 Å². The number of benzene rings is 1. The molecule has 2 aromatic rings. The number of rotatable bonds is 7. The molecule has 128 valence electrons. The molecule has 0 unspecified atom stereocenters. The number of nitrogens with one attached hydrogen (secondary N) is 2. The lowest BCUT2D eigenvalue weighted by Crippen LogP contribution is -2.23. The van der Waals surface area contributed by atoms with Gasteiger partial charge in [-0.3, -0.25) is 0 Å². The minimum absolute atomic E-state index is 0.554. The van der Waals surface area contributed by atoms with Crippen molar-refractivity contribution in [1.29, 1.82) is 0 Å². The molecule has 0 saturated heterocycles. The fraction of sp³-hybridized carbons (Fsp3) is 0.474. The van der Waals surface area contributed by atoms with Crippen LogP contribution in [0.3, 0.4) is 0 Å². The molecule has 0 aliphatic heterocycles. The number of ether oxygens (including phenoxy) is 1. The van der Waals surface area contributed by atoms with E-state index in [1.54, 1.807) is 7.11 Å². The van der Waals surface area contributed by atoms with Crippen molar-refractivity contribution in [3.05, 3.63) is 42.1 Å². The van der Waals surface area contributed by atoms with Crippen molar-refractivity contribution in [3.8, 4) is 5.75 Å². The molecule has 1 fully saturated rings. The van der Waals surface area contributed by atoms with Gasteiger partial charge in [0.05, 0.1) is 7.11 Å². The Labute approximate surface area is 143 Å². The van der Waals surface area contributed by atoms with Crippen LogP contribution in [0.4, 0.5) is 11.8 Å². The molecular formula is C19H26N4O. The first-order chi connectivity index (χ1) is 11.8. The van der Waals surface area contributed by atoms with E-state index < -0.39 is 0 Å². The van der Waals surface area contributed by atoms with Crippen molar-refractivity contribution < 1.29 is 4.74 Å². The molecule has 0 amide bonds. The van der Waals surface area contributed by atoms with E-state index in [2.05, 4.69) is 32.7 Å². The van der Waals surface area contributed by atoms with Crippen molar-refractivity contribution in [3.63, 3.8) is 0 Å². The lowest BCUT2D eigenvalue weighted by Gasteiger charge is -2.23. The first kappa shape index (κ1) is 16.6. The summed E-state index contributed by atoms with van der Waals surface area (Å²) >= 11 is 0. The third-order valence-electron chi connectivity index (χ3n) is 4.44. The van der Waals surface area contributed by atoms with E-state index in [0.717, 1.165) is 24.5 Å². The molecule has 5 nitrogen and oxygen atoms in total. The maximum atomic E-state index is 5.25. The molecule has 24 heavy (non-hydrogen) atoms. The fourth-order valence-electron chi connectivity index (χ4n) is 3.13. The van der Waals surface area contributed by atoms with Crippen LogP contribution in [-0.2, 0) is 6.42 Å². The molecule has 1 saturated carbocycles. The zero-order chi connectivity index (χ0) is 16.6. The Morgan fingerprint density at radius 1 is 1.17 bits per heavy atom. The van der Waals surface area contributed by atoms with Gasteiger partial charge < -0.3 is 15.4 Å². The second kappa shape index (κ2) is 8.52. The first-order valence-corrected chi connectivity index (χ1v) is 8.80. The number of hydrogen-bond acceptors (Lipinski definition) is 5. The maximum Gasteiger partial charge on any atom is 0.224 e. The van der Waals surface area contributed by atoms with Gasteiger partial charge in [-0.2, -0.15) is 4.98 Å². The lowest BCUT2D eigenvalue weighted by molar-refractivity contribution is 0.414. The van der Waals surface area contributed by atoms with Crippen LogP contribution in [-0.4, -0.2) is 29.7 Å². The predicted octanol–water partition coefficient (Wildman–Crippen LogP) is 3.88. The van der Waals surface area contributed by atoms with Crippen molar-refractivity contribution >= 4 is 11.8 Å². The van der Waals surface area contributed by atoms with Gasteiger partial charge in [-0.05, 0) is 43.0 Å². The van der Waals surface area contributed by atoms with E-state index in [1.807, 2.05) is 24.4 Å². The Balaban J connectivity index is 1.50. The third kappa shape index (κ3) is 4.85. The van der Waals surface area contributed by atoms with E-state index in [9.17, 15) is 0 Å². The summed E-state index contributed by atoms with van der Waals surface area (Å²) in [5.74, 6) is 2.49. The summed E-state index contributed by atoms with van der Waals surface area (Å²) in [6, 6.07) is 10.6. The summed E-state index contributed by atoms with van der Waals surface area (Å²) in [7, 11) is 1.69. The molecule has 0 atom stereocenters. The quantitative estimate of drug-likeness (QED) is 0.808. The van der Waals surface area contributed by atoms with Gasteiger partial charge in [0.2, 0.25) is 5.95 Å². The molecule has 0 bridgehead atoms. The molecule has 1 aliphatic carbocycles. The van der Waals surface area contributed by atoms with Gasteiger partial charge in [0.25, 0.3) is 0 Å². The van der Waals surface area contributed by atoms with E-state index in [-0.39, 0.29) is 0 Å². The van der Waals surface area contributed by atoms with Crippen molar-refractivity contribution in [2.75, 3.05) is 24.3 Å². The van der Waals surface area contributed by atoms with Crippen LogP contribution in [0.15, 0.2) is 36.5 Å². The molecule has 1 aromatic carbocycles. The number of methoxy groups -OCH3 is 1. The Kier molecular flexibility index (Phi) is 5.88. The van der Waals surface area contributed by atoms with E-state index in [1.165, 1.54) is 37.7 Å². The first-order valence-electron chi connectivity index (χ1n) is 8.80. The predicted molar refractivity (Wildman–Crippen MR) is 97.7 cm³/mol. The zero-order valence-electron chi connectivity index (χ0n) is 14.3. The molecule has 1 aliphatic rings. The van der Waals surface area contributed by atoms with Gasteiger partial charge in [-0.25, -0.2) is 4.98 Å². The van der Waals surface area contributed by atoms with Crippen LogP contribution in [0.2, 0.25) is 0 Å². The molecule has 3 rings (SSSR count). The standard InChI is InChI=1S/C19H26N4O/c1-24-17-9-5-6-15(14-17)10-12-20-19-21-13-11-18(23-19)22-16-7-3-2-4-8-16/h5-6,9,11,13-14,16H,2-4,7-8,10,12H2,1H3,(H2,20,21,22,23). The highest BCUT2D eigenvalue weighted by atomic mass is 16.5. The van der Waals surface area contributed by atoms with Gasteiger partial charge >= 0.3 is 0 Å². The number of anilines is 2. The summed E-state index contributed by atoms with van der Waals surface area (Å²) in [5.41, 5.74) is 1.23. The monoisotopic (exact) mass is 326 g/mol. The SMILES string of the molecule is COc1cccc(CCNc2nccc(NC3CCCCC3)n2)c1. The van der Waals surface area contributed by atoms with Gasteiger partial charge in [0, 0.05) is 18.8 Å². The minimum atomic E-state index is 0.554. The number of nitrogens with zero attached hydrogens (tertiary/aromatic N) is 2. The van der Waals surface area contributed by atoms with Crippen molar-refractivity contribution in [1.82, 2.24) is 9.97 Å². The Bertz CT molecular complexity index is 641. The Morgan fingerprint density at radius 2 is 2.04 bits per heavy atom. The second-order valence-electron chi connectivity index (χ2n) is 6.27. The van der Waals surface area contributed by atoms with E-state index in [0.29, 0.717) is 12.0 Å². The van der Waals surface area contributed by atoms with Crippen LogP contribution in [0.1, 0.15) is 37.7 Å². The summed E-state index contributed by atoms with van der Waals surface area (Å²) in [4.78, 5) is 8.88. The van der Waals surface area contributed by atoms with Crippen LogP contribution in [0.25, 0.3) is 0 Å². The normalized spacial score (nSPS) is 15.0.